The van der Waals surface area contributed by atoms with Crippen molar-refractivity contribution in [3.63, 3.8) is 0 Å². The van der Waals surface area contributed by atoms with Crippen molar-refractivity contribution in [3.05, 3.63) is 34.7 Å². The van der Waals surface area contributed by atoms with Crippen molar-refractivity contribution < 1.29 is 14.3 Å². The summed E-state index contributed by atoms with van der Waals surface area (Å²) in [5, 5.41) is 8.99. The zero-order valence-electron chi connectivity index (χ0n) is 9.24. The van der Waals surface area contributed by atoms with E-state index in [0.717, 1.165) is 11.1 Å². The molecule has 0 atom stereocenters. The van der Waals surface area contributed by atoms with Crippen LogP contribution in [0.15, 0.2) is 33.9 Å². The maximum atomic E-state index is 10.3. The fraction of sp³-hybridized carbons (Fsp3) is 0.200. The van der Waals surface area contributed by atoms with Gasteiger partial charge in [0.05, 0.1) is 6.42 Å². The molecular formula is C10H10N4O3S. The minimum Gasteiger partial charge on any atom is -0.481 e. The van der Waals surface area contributed by atoms with Gasteiger partial charge >= 0.3 is 5.97 Å². The number of hydrogen-bond donors (Lipinski definition) is 2. The molecule has 7 nitrogen and oxygen atoms in total. The molecule has 0 fully saturated rings. The van der Waals surface area contributed by atoms with Gasteiger partial charge in [-0.15, -0.1) is 5.53 Å². The van der Waals surface area contributed by atoms with E-state index >= 15 is 0 Å². The van der Waals surface area contributed by atoms with Crippen LogP contribution in [0.3, 0.4) is 0 Å². The van der Waals surface area contributed by atoms with Crippen molar-refractivity contribution in [2.45, 2.75) is 11.6 Å². The van der Waals surface area contributed by atoms with E-state index in [9.17, 15) is 4.79 Å². The van der Waals surface area contributed by atoms with Gasteiger partial charge < -0.3 is 9.52 Å². The number of nitrogens with one attached hydrogen (secondary N) is 1. The fourth-order valence-corrected chi connectivity index (χ4v) is 1.90. The second-order valence-electron chi connectivity index (χ2n) is 3.04. The molecule has 8 heteroatoms. The molecule has 1 heterocycles. The highest BCUT2D eigenvalue weighted by Crippen LogP contribution is 2.23. The Labute approximate surface area is 106 Å². The zero-order chi connectivity index (χ0) is 13.4. The molecule has 0 saturated carbocycles. The molecule has 2 rings (SSSR count). The van der Waals surface area contributed by atoms with Crippen LogP contribution in [0.1, 0.15) is 6.42 Å². The lowest BCUT2D eigenvalue weighted by Crippen LogP contribution is -1.95. The zero-order valence-corrected chi connectivity index (χ0v) is 10.1. The quantitative estimate of drug-likeness (QED) is 0.380. The first kappa shape index (κ1) is 13.9. The normalized spacial score (nSPS) is 9.33. The molecular weight excluding hydrogens is 256 g/mol. The SMILES string of the molecule is O=C(O)CCSc1nc2ccccc2o1.[N-]=[N+]=N. The van der Waals surface area contributed by atoms with Crippen molar-refractivity contribution in [1.82, 2.24) is 4.98 Å². The van der Waals surface area contributed by atoms with Crippen molar-refractivity contribution in [1.29, 1.82) is 5.53 Å². The molecule has 0 amide bonds. The van der Waals surface area contributed by atoms with Crippen LogP contribution >= 0.6 is 11.8 Å². The lowest BCUT2D eigenvalue weighted by atomic mass is 10.3. The summed E-state index contributed by atoms with van der Waals surface area (Å²) in [5.41, 5.74) is 13.8. The molecule has 0 aliphatic heterocycles. The van der Waals surface area contributed by atoms with E-state index in [4.69, 9.17) is 20.6 Å². The predicted molar refractivity (Wildman–Crippen MR) is 66.4 cm³/mol. The third kappa shape index (κ3) is 4.36. The van der Waals surface area contributed by atoms with E-state index in [1.165, 1.54) is 11.8 Å². The molecule has 0 saturated heterocycles. The standard InChI is InChI=1S/C10H9NO3S.HN3/c12-9(13)5-6-15-10-11-7-3-1-2-4-8(7)14-10;1-3-2/h1-4H,5-6H2,(H,12,13);1H. The van der Waals surface area contributed by atoms with E-state index < -0.39 is 5.97 Å². The molecule has 94 valence electrons. The Balaban J connectivity index is 0.000000492. The Hall–Kier alpha value is -2.18. The number of fused-ring (bicyclic) bond motifs is 1. The van der Waals surface area contributed by atoms with E-state index in [1.807, 2.05) is 24.3 Å². The largest absolute Gasteiger partial charge is 0.481 e. The van der Waals surface area contributed by atoms with Crippen LogP contribution in [-0.2, 0) is 4.79 Å². The summed E-state index contributed by atoms with van der Waals surface area (Å²) in [6.07, 6.45) is 0.114. The molecule has 0 unspecified atom stereocenters. The number of thioether (sulfide) groups is 1. The number of para-hydroxylation sites is 2. The van der Waals surface area contributed by atoms with Crippen LogP contribution in [0, 0.1) is 5.53 Å². The second-order valence-corrected chi connectivity index (χ2v) is 4.09. The first-order valence-corrected chi connectivity index (χ1v) is 5.87. The summed E-state index contributed by atoms with van der Waals surface area (Å²) in [7, 11) is 0. The number of nitrogens with zero attached hydrogens (tertiary/aromatic N) is 3. The van der Waals surface area contributed by atoms with Crippen molar-refractivity contribution in [3.8, 4) is 0 Å². The van der Waals surface area contributed by atoms with Gasteiger partial charge in [-0.2, -0.15) is 0 Å². The molecule has 0 aliphatic rings. The van der Waals surface area contributed by atoms with Gasteiger partial charge in [0.1, 0.15) is 5.52 Å². The van der Waals surface area contributed by atoms with Gasteiger partial charge in [0.15, 0.2) is 5.58 Å². The number of aliphatic carboxylic acids is 1. The lowest BCUT2D eigenvalue weighted by Gasteiger charge is -1.91. The number of hydrogen-bond acceptors (Lipinski definition) is 5. The number of carboxylic acid groups (broad SMARTS) is 1. The third-order valence-electron chi connectivity index (χ3n) is 1.82. The minimum atomic E-state index is -0.807. The van der Waals surface area contributed by atoms with Crippen LogP contribution in [0.5, 0.6) is 0 Å². The predicted octanol–water partition coefficient (Wildman–Crippen LogP) is 3.27. The Morgan fingerprint density at radius 3 is 2.83 bits per heavy atom. The number of rotatable bonds is 4. The molecule has 0 aliphatic carbocycles. The minimum absolute atomic E-state index is 0.114. The first-order chi connectivity index (χ1) is 8.67. The number of benzene rings is 1. The lowest BCUT2D eigenvalue weighted by molar-refractivity contribution is -0.136. The van der Waals surface area contributed by atoms with Crippen LogP contribution in [0.25, 0.3) is 21.5 Å². The van der Waals surface area contributed by atoms with Gasteiger partial charge in [0, 0.05) is 5.75 Å². The summed E-state index contributed by atoms with van der Waals surface area (Å²) in [6, 6.07) is 7.46. The van der Waals surface area contributed by atoms with Crippen molar-refractivity contribution in [2.75, 3.05) is 5.75 Å². The van der Waals surface area contributed by atoms with Gasteiger partial charge in [-0.1, -0.05) is 23.9 Å². The van der Waals surface area contributed by atoms with Gasteiger partial charge in [0.25, 0.3) is 5.22 Å². The van der Waals surface area contributed by atoms with Crippen LogP contribution in [-0.4, -0.2) is 21.8 Å². The molecule has 0 spiro atoms. The molecule has 18 heavy (non-hydrogen) atoms. The number of carbonyl (C=O) groups is 1. The summed E-state index contributed by atoms with van der Waals surface area (Å²) >= 11 is 1.32. The average molecular weight is 266 g/mol. The second kappa shape index (κ2) is 7.21. The smallest absolute Gasteiger partial charge is 0.304 e. The molecule has 1 aromatic carbocycles. The van der Waals surface area contributed by atoms with Gasteiger partial charge in [-0.25, -0.2) is 4.98 Å². The highest BCUT2D eigenvalue weighted by molar-refractivity contribution is 7.99. The summed E-state index contributed by atoms with van der Waals surface area (Å²) in [4.78, 5) is 16.3. The van der Waals surface area contributed by atoms with Crippen LogP contribution < -0.4 is 0 Å². The van der Waals surface area contributed by atoms with E-state index in [0.29, 0.717) is 11.0 Å². The van der Waals surface area contributed by atoms with Gasteiger partial charge in [-0.05, 0) is 22.6 Å². The van der Waals surface area contributed by atoms with E-state index in [1.54, 1.807) is 4.91 Å². The summed E-state index contributed by atoms with van der Waals surface area (Å²) in [6.45, 7) is 0. The summed E-state index contributed by atoms with van der Waals surface area (Å²) in [5.74, 6) is -0.332. The highest BCUT2D eigenvalue weighted by atomic mass is 32.2. The molecule has 2 N–H and O–H groups in total. The van der Waals surface area contributed by atoms with E-state index in [2.05, 4.69) is 4.98 Å². The maximum Gasteiger partial charge on any atom is 0.304 e. The number of carboxylic acids is 1. The molecule has 1 aromatic heterocycles. The monoisotopic (exact) mass is 266 g/mol. The fourth-order valence-electron chi connectivity index (χ4n) is 1.14. The number of aromatic nitrogens is 1. The van der Waals surface area contributed by atoms with Gasteiger partial charge in [-0.3, -0.25) is 4.79 Å². The molecule has 2 aromatic rings. The Bertz CT molecular complexity index is 530. The van der Waals surface area contributed by atoms with Crippen LogP contribution in [0.2, 0.25) is 0 Å². The van der Waals surface area contributed by atoms with E-state index in [-0.39, 0.29) is 6.42 Å². The molecule has 0 bridgehead atoms. The Morgan fingerprint density at radius 1 is 1.56 bits per heavy atom. The van der Waals surface area contributed by atoms with Crippen molar-refractivity contribution in [2.24, 2.45) is 0 Å². The topological polar surface area (TPSA) is 124 Å². The number of oxazole rings is 1. The molecule has 0 radical (unpaired) electrons. The van der Waals surface area contributed by atoms with Crippen molar-refractivity contribution >= 4 is 28.8 Å². The van der Waals surface area contributed by atoms with Gasteiger partial charge in [0.2, 0.25) is 0 Å². The van der Waals surface area contributed by atoms with Crippen LogP contribution in [0.4, 0.5) is 0 Å². The Morgan fingerprint density at radius 2 is 2.22 bits per heavy atom. The average Bonchev–Trinajstić information content (AvgIpc) is 2.72. The highest BCUT2D eigenvalue weighted by Gasteiger charge is 2.06. The Kier molecular flexibility index (Phi) is 5.56. The summed E-state index contributed by atoms with van der Waals surface area (Å²) < 4.78 is 5.41. The maximum absolute atomic E-state index is 10.3. The first-order valence-electron chi connectivity index (χ1n) is 4.88. The third-order valence-corrected chi connectivity index (χ3v) is 2.65.